The number of esters is 1. The summed E-state index contributed by atoms with van der Waals surface area (Å²) in [4.78, 5) is 23.7. The van der Waals surface area contributed by atoms with Gasteiger partial charge in [0.2, 0.25) is 5.91 Å². The number of ether oxygens (including phenoxy) is 1. The number of hydrogen-bond acceptors (Lipinski definition) is 6. The van der Waals surface area contributed by atoms with Crippen LogP contribution in [0.5, 0.6) is 0 Å². The van der Waals surface area contributed by atoms with Crippen LogP contribution in [-0.4, -0.2) is 24.1 Å². The molecule has 2 rings (SSSR count). The monoisotopic (exact) mass is 308 g/mol. The Kier molecular flexibility index (Phi) is 4.74. The highest BCUT2D eigenvalue weighted by molar-refractivity contribution is 7.18. The Hall–Kier alpha value is -2.15. The van der Waals surface area contributed by atoms with E-state index in [0.717, 1.165) is 17.0 Å². The molecule has 6 nitrogen and oxygen atoms in total. The second kappa shape index (κ2) is 6.53. The van der Waals surface area contributed by atoms with E-state index in [4.69, 9.17) is 4.52 Å². The van der Waals surface area contributed by atoms with Crippen molar-refractivity contribution in [3.8, 4) is 0 Å². The summed E-state index contributed by atoms with van der Waals surface area (Å²) in [6.07, 6.45) is 0.899. The maximum atomic E-state index is 11.9. The number of thiophene rings is 1. The summed E-state index contributed by atoms with van der Waals surface area (Å²) in [5.74, 6) is 0.217. The molecule has 112 valence electrons. The standard InChI is InChI=1S/C14H16N2O4S/c1-8-10(9(2)20-16-8)4-6-12(17)15-13-7-5-11(21-13)14(18)19-3/h5,7H,4,6H2,1-3H3,(H,15,17). The highest BCUT2D eigenvalue weighted by Gasteiger charge is 2.13. The molecule has 2 aromatic rings. The van der Waals surface area contributed by atoms with Crippen LogP contribution in [0.1, 0.15) is 33.1 Å². The number of aromatic nitrogens is 1. The molecule has 0 aliphatic heterocycles. The first-order chi connectivity index (χ1) is 10.0. The first kappa shape index (κ1) is 15.2. The van der Waals surface area contributed by atoms with E-state index in [-0.39, 0.29) is 5.91 Å². The molecular formula is C14H16N2O4S. The second-order valence-electron chi connectivity index (χ2n) is 4.51. The molecule has 0 bridgehead atoms. The molecule has 0 aromatic carbocycles. The van der Waals surface area contributed by atoms with Crippen LogP contribution in [0.15, 0.2) is 16.7 Å². The molecule has 1 N–H and O–H groups in total. The van der Waals surface area contributed by atoms with E-state index in [0.29, 0.717) is 22.7 Å². The molecule has 21 heavy (non-hydrogen) atoms. The van der Waals surface area contributed by atoms with Crippen molar-refractivity contribution < 1.29 is 18.8 Å². The lowest BCUT2D eigenvalue weighted by molar-refractivity contribution is -0.116. The molecule has 7 heteroatoms. The molecule has 0 atom stereocenters. The maximum Gasteiger partial charge on any atom is 0.348 e. The molecule has 2 heterocycles. The van der Waals surface area contributed by atoms with Crippen molar-refractivity contribution in [2.24, 2.45) is 0 Å². The van der Waals surface area contributed by atoms with Crippen LogP contribution in [0.4, 0.5) is 5.00 Å². The Labute approximate surface area is 126 Å². The van der Waals surface area contributed by atoms with E-state index in [1.807, 2.05) is 13.8 Å². The van der Waals surface area contributed by atoms with Crippen molar-refractivity contribution in [1.82, 2.24) is 5.16 Å². The molecular weight excluding hydrogens is 292 g/mol. The first-order valence-electron chi connectivity index (χ1n) is 6.41. The number of amides is 1. The van der Waals surface area contributed by atoms with Crippen LogP contribution in [0.2, 0.25) is 0 Å². The van der Waals surface area contributed by atoms with E-state index in [1.165, 1.54) is 18.4 Å². The zero-order valence-electron chi connectivity index (χ0n) is 12.1. The van der Waals surface area contributed by atoms with Gasteiger partial charge < -0.3 is 14.6 Å². The molecule has 0 saturated heterocycles. The van der Waals surface area contributed by atoms with E-state index in [2.05, 4.69) is 15.2 Å². The second-order valence-corrected chi connectivity index (χ2v) is 5.59. The third kappa shape index (κ3) is 3.69. The predicted molar refractivity (Wildman–Crippen MR) is 78.6 cm³/mol. The van der Waals surface area contributed by atoms with Gasteiger partial charge in [-0.05, 0) is 32.4 Å². The van der Waals surface area contributed by atoms with E-state index >= 15 is 0 Å². The first-order valence-corrected chi connectivity index (χ1v) is 7.22. The van der Waals surface area contributed by atoms with Gasteiger partial charge in [0.15, 0.2) is 0 Å². The van der Waals surface area contributed by atoms with Gasteiger partial charge in [-0.2, -0.15) is 0 Å². The third-order valence-corrected chi connectivity index (χ3v) is 4.02. The number of nitrogens with zero attached hydrogens (tertiary/aromatic N) is 1. The molecule has 0 unspecified atom stereocenters. The number of carbonyl (C=O) groups is 2. The summed E-state index contributed by atoms with van der Waals surface area (Å²) in [6, 6.07) is 3.31. The number of nitrogens with one attached hydrogen (secondary N) is 1. The topological polar surface area (TPSA) is 81.4 Å². The largest absolute Gasteiger partial charge is 0.465 e. The number of aryl methyl sites for hydroxylation is 2. The third-order valence-electron chi connectivity index (χ3n) is 3.04. The van der Waals surface area contributed by atoms with Crippen molar-refractivity contribution in [1.29, 1.82) is 0 Å². The van der Waals surface area contributed by atoms with Crippen molar-refractivity contribution in [3.63, 3.8) is 0 Å². The number of rotatable bonds is 5. The Bertz CT molecular complexity index is 640. The minimum absolute atomic E-state index is 0.117. The lowest BCUT2D eigenvalue weighted by atomic mass is 10.1. The van der Waals surface area contributed by atoms with Crippen LogP contribution < -0.4 is 5.32 Å². The normalized spacial score (nSPS) is 10.4. The van der Waals surface area contributed by atoms with Gasteiger partial charge in [-0.15, -0.1) is 11.3 Å². The van der Waals surface area contributed by atoms with Gasteiger partial charge >= 0.3 is 5.97 Å². The van der Waals surface area contributed by atoms with Gasteiger partial charge in [0.05, 0.1) is 17.8 Å². The lowest BCUT2D eigenvalue weighted by Gasteiger charge is -2.02. The zero-order valence-corrected chi connectivity index (χ0v) is 12.9. The summed E-state index contributed by atoms with van der Waals surface area (Å²) < 4.78 is 9.68. The Morgan fingerprint density at radius 3 is 2.76 bits per heavy atom. The van der Waals surface area contributed by atoms with Gasteiger partial charge in [-0.3, -0.25) is 4.79 Å². The van der Waals surface area contributed by atoms with Crippen LogP contribution in [-0.2, 0) is 16.0 Å². The summed E-state index contributed by atoms with van der Waals surface area (Å²) in [6.45, 7) is 3.68. The van der Waals surface area contributed by atoms with E-state index in [1.54, 1.807) is 12.1 Å². The quantitative estimate of drug-likeness (QED) is 0.859. The van der Waals surface area contributed by atoms with E-state index in [9.17, 15) is 9.59 Å². The average Bonchev–Trinajstić information content (AvgIpc) is 3.04. The van der Waals surface area contributed by atoms with Crippen molar-refractivity contribution >= 4 is 28.2 Å². The summed E-state index contributed by atoms with van der Waals surface area (Å²) >= 11 is 1.19. The highest BCUT2D eigenvalue weighted by Crippen LogP contribution is 2.23. The molecule has 0 aliphatic rings. The number of methoxy groups -OCH3 is 1. The van der Waals surface area contributed by atoms with Crippen LogP contribution in [0, 0.1) is 13.8 Å². The molecule has 0 radical (unpaired) electrons. The van der Waals surface area contributed by atoms with Gasteiger partial charge in [0.25, 0.3) is 0 Å². The Morgan fingerprint density at radius 1 is 1.38 bits per heavy atom. The molecule has 0 saturated carbocycles. The fraction of sp³-hybridized carbons (Fsp3) is 0.357. The number of anilines is 1. The smallest absolute Gasteiger partial charge is 0.348 e. The fourth-order valence-corrected chi connectivity index (χ4v) is 2.75. The zero-order chi connectivity index (χ0) is 15.4. The summed E-state index contributed by atoms with van der Waals surface area (Å²) in [7, 11) is 1.32. The Morgan fingerprint density at radius 2 is 2.14 bits per heavy atom. The van der Waals surface area contributed by atoms with Gasteiger partial charge in [-0.1, -0.05) is 5.16 Å². The fourth-order valence-electron chi connectivity index (χ4n) is 1.91. The molecule has 1 amide bonds. The summed E-state index contributed by atoms with van der Waals surface area (Å²) in [5, 5.41) is 7.24. The van der Waals surface area contributed by atoms with Crippen LogP contribution >= 0.6 is 11.3 Å². The average molecular weight is 308 g/mol. The van der Waals surface area contributed by atoms with Gasteiger partial charge in [0.1, 0.15) is 10.6 Å². The van der Waals surface area contributed by atoms with E-state index < -0.39 is 5.97 Å². The lowest BCUT2D eigenvalue weighted by Crippen LogP contribution is -2.11. The summed E-state index contributed by atoms with van der Waals surface area (Å²) in [5.41, 5.74) is 1.77. The van der Waals surface area contributed by atoms with Crippen molar-refractivity contribution in [3.05, 3.63) is 34.0 Å². The molecule has 2 aromatic heterocycles. The minimum atomic E-state index is -0.406. The molecule has 0 aliphatic carbocycles. The Balaban J connectivity index is 1.90. The predicted octanol–water partition coefficient (Wildman–Crippen LogP) is 2.71. The van der Waals surface area contributed by atoms with Crippen LogP contribution in [0.3, 0.4) is 0 Å². The molecule has 0 spiro atoms. The maximum absolute atomic E-state index is 11.9. The minimum Gasteiger partial charge on any atom is -0.465 e. The van der Waals surface area contributed by atoms with Crippen molar-refractivity contribution in [2.75, 3.05) is 12.4 Å². The molecule has 0 fully saturated rings. The number of hydrogen-bond donors (Lipinski definition) is 1. The van der Waals surface area contributed by atoms with Crippen LogP contribution in [0.25, 0.3) is 0 Å². The highest BCUT2D eigenvalue weighted by atomic mass is 32.1. The van der Waals surface area contributed by atoms with Crippen molar-refractivity contribution in [2.45, 2.75) is 26.7 Å². The SMILES string of the molecule is COC(=O)c1ccc(NC(=O)CCc2c(C)noc2C)s1. The van der Waals surface area contributed by atoms with Gasteiger partial charge in [-0.25, -0.2) is 4.79 Å². The van der Waals surface area contributed by atoms with Gasteiger partial charge in [0, 0.05) is 12.0 Å². The number of carbonyl (C=O) groups excluding carboxylic acids is 2.